The maximum absolute atomic E-state index is 12.8. The van der Waals surface area contributed by atoms with E-state index in [1.807, 2.05) is 10.6 Å². The summed E-state index contributed by atoms with van der Waals surface area (Å²) in [6, 6.07) is 5.38. The molecular weight excluding hydrogens is 342 g/mol. The highest BCUT2D eigenvalue weighted by Crippen LogP contribution is 2.25. The molecule has 0 unspecified atom stereocenters. The lowest BCUT2D eigenvalue weighted by atomic mass is 10.1. The van der Waals surface area contributed by atoms with Crippen molar-refractivity contribution in [2.45, 2.75) is 32.5 Å². The number of H-pyrrole nitrogens is 1. The molecule has 0 saturated carbocycles. The van der Waals surface area contributed by atoms with Crippen LogP contribution in [0.5, 0.6) is 0 Å². The smallest absolute Gasteiger partial charge is 0.290 e. The van der Waals surface area contributed by atoms with Gasteiger partial charge in [-0.25, -0.2) is 9.97 Å². The molecule has 0 saturated heterocycles. The van der Waals surface area contributed by atoms with E-state index in [9.17, 15) is 9.90 Å². The zero-order valence-corrected chi connectivity index (χ0v) is 14.7. The van der Waals surface area contributed by atoms with Crippen LogP contribution in [0.1, 0.15) is 36.0 Å². The summed E-state index contributed by atoms with van der Waals surface area (Å²) in [5.41, 5.74) is 1.21. The fraction of sp³-hybridized carbons (Fsp3) is 0.353. The molecule has 1 aliphatic rings. The molecule has 4 rings (SSSR count). The van der Waals surface area contributed by atoms with Crippen molar-refractivity contribution in [2.24, 2.45) is 0 Å². The highest BCUT2D eigenvalue weighted by Gasteiger charge is 2.30. The van der Waals surface area contributed by atoms with E-state index in [1.54, 1.807) is 37.1 Å². The number of aromatic amines is 1. The Balaban J connectivity index is 1.62. The number of nitrogens with zero attached hydrogens (tertiary/aromatic N) is 4. The summed E-state index contributed by atoms with van der Waals surface area (Å²) >= 11 is 6.14. The molecule has 25 heavy (non-hydrogen) atoms. The van der Waals surface area contributed by atoms with Gasteiger partial charge in [-0.1, -0.05) is 17.7 Å². The summed E-state index contributed by atoms with van der Waals surface area (Å²) in [5, 5.41) is 10.7. The third kappa shape index (κ3) is 2.69. The average Bonchev–Trinajstić information content (AvgIpc) is 3.17. The summed E-state index contributed by atoms with van der Waals surface area (Å²) in [7, 11) is 0. The number of aromatic nitrogens is 4. The van der Waals surface area contributed by atoms with Crippen molar-refractivity contribution in [3.63, 3.8) is 0 Å². The summed E-state index contributed by atoms with van der Waals surface area (Å²) in [6.07, 6.45) is 1.71. The first kappa shape index (κ1) is 16.1. The summed E-state index contributed by atoms with van der Waals surface area (Å²) in [6.45, 7) is 4.95. The summed E-state index contributed by atoms with van der Waals surface area (Å²) in [4.78, 5) is 26.2. The molecule has 2 N–H and O–H groups in total. The van der Waals surface area contributed by atoms with Gasteiger partial charge in [-0.3, -0.25) is 4.79 Å². The molecule has 130 valence electrons. The Hall–Kier alpha value is -2.38. The number of carbonyl (C=O) groups is 1. The van der Waals surface area contributed by atoms with Gasteiger partial charge in [-0.15, -0.1) is 0 Å². The second-order valence-electron chi connectivity index (χ2n) is 6.73. The van der Waals surface area contributed by atoms with Crippen LogP contribution in [0.2, 0.25) is 5.02 Å². The number of fused-ring (bicyclic) bond motifs is 2. The van der Waals surface area contributed by atoms with Crippen LogP contribution in [0.4, 0.5) is 0 Å². The highest BCUT2D eigenvalue weighted by atomic mass is 35.5. The fourth-order valence-electron chi connectivity index (χ4n) is 3.19. The zero-order valence-electron chi connectivity index (χ0n) is 14.0. The first-order valence-corrected chi connectivity index (χ1v) is 8.43. The number of imidazole rings is 2. The number of para-hydroxylation sites is 1. The lowest BCUT2D eigenvalue weighted by Gasteiger charge is -2.30. The van der Waals surface area contributed by atoms with Gasteiger partial charge in [0.2, 0.25) is 0 Å². The first-order valence-electron chi connectivity index (χ1n) is 8.05. The standard InChI is InChI=1S/C17H18ClN5O2/c1-17(2,25)16-19-8-10-9-22(6-7-23(10)16)15(24)14-20-12-5-3-4-11(18)13(12)21-14/h3-5,8,25H,6-7,9H2,1-2H3,(H,20,21). The van der Waals surface area contributed by atoms with E-state index in [1.165, 1.54) is 0 Å². The molecule has 3 heterocycles. The summed E-state index contributed by atoms with van der Waals surface area (Å²) in [5.74, 6) is 0.716. The molecule has 0 atom stereocenters. The average molecular weight is 360 g/mol. The Kier molecular flexibility index (Phi) is 3.59. The van der Waals surface area contributed by atoms with Crippen LogP contribution in [0, 0.1) is 0 Å². The molecule has 0 radical (unpaired) electrons. The zero-order chi connectivity index (χ0) is 17.8. The van der Waals surface area contributed by atoms with Gasteiger partial charge in [-0.05, 0) is 26.0 Å². The van der Waals surface area contributed by atoms with Crippen LogP contribution in [0.15, 0.2) is 24.4 Å². The van der Waals surface area contributed by atoms with E-state index < -0.39 is 5.60 Å². The van der Waals surface area contributed by atoms with Crippen molar-refractivity contribution in [2.75, 3.05) is 6.54 Å². The van der Waals surface area contributed by atoms with Crippen molar-refractivity contribution >= 4 is 28.5 Å². The van der Waals surface area contributed by atoms with E-state index in [0.717, 1.165) is 5.69 Å². The second kappa shape index (κ2) is 5.57. The minimum atomic E-state index is -1.01. The number of nitrogens with one attached hydrogen (secondary N) is 1. The number of hydrogen-bond donors (Lipinski definition) is 2. The first-order chi connectivity index (χ1) is 11.8. The minimum Gasteiger partial charge on any atom is -0.383 e. The molecule has 2 aromatic heterocycles. The van der Waals surface area contributed by atoms with E-state index in [4.69, 9.17) is 11.6 Å². The topological polar surface area (TPSA) is 87.0 Å². The Morgan fingerprint density at radius 2 is 2.16 bits per heavy atom. The molecule has 0 aliphatic carbocycles. The van der Waals surface area contributed by atoms with Crippen molar-refractivity contribution in [1.82, 2.24) is 24.4 Å². The summed E-state index contributed by atoms with van der Waals surface area (Å²) < 4.78 is 1.97. The lowest BCUT2D eigenvalue weighted by molar-refractivity contribution is 0.0586. The molecule has 1 aromatic carbocycles. The van der Waals surface area contributed by atoms with E-state index in [2.05, 4.69) is 15.0 Å². The monoisotopic (exact) mass is 359 g/mol. The third-order valence-electron chi connectivity index (χ3n) is 4.39. The van der Waals surface area contributed by atoms with Gasteiger partial charge in [-0.2, -0.15) is 0 Å². The molecule has 3 aromatic rings. The Morgan fingerprint density at radius 3 is 2.88 bits per heavy atom. The molecular formula is C17H18ClN5O2. The molecule has 1 aliphatic heterocycles. The Bertz CT molecular complexity index is 969. The van der Waals surface area contributed by atoms with E-state index in [-0.39, 0.29) is 11.7 Å². The van der Waals surface area contributed by atoms with Crippen molar-refractivity contribution in [3.05, 3.63) is 46.8 Å². The number of amides is 1. The van der Waals surface area contributed by atoms with Crippen LogP contribution in [0.25, 0.3) is 11.0 Å². The lowest BCUT2D eigenvalue weighted by Crippen LogP contribution is -2.39. The van der Waals surface area contributed by atoms with Gasteiger partial charge in [0.05, 0.1) is 34.5 Å². The molecule has 1 amide bonds. The number of benzene rings is 1. The normalized spacial score (nSPS) is 14.8. The quantitative estimate of drug-likeness (QED) is 0.735. The molecule has 0 spiro atoms. The predicted molar refractivity (Wildman–Crippen MR) is 93.3 cm³/mol. The molecule has 0 bridgehead atoms. The van der Waals surface area contributed by atoms with Gasteiger partial charge < -0.3 is 19.6 Å². The van der Waals surface area contributed by atoms with Crippen LogP contribution >= 0.6 is 11.6 Å². The molecule has 8 heteroatoms. The second-order valence-corrected chi connectivity index (χ2v) is 7.14. The SMILES string of the molecule is CC(C)(O)c1ncc2n1CCN(C(=O)c1nc3cccc(Cl)c3[nH]1)C2. The number of carbonyl (C=O) groups excluding carboxylic acids is 1. The Labute approximate surface area is 149 Å². The van der Waals surface area contributed by atoms with Gasteiger partial charge in [0.15, 0.2) is 5.82 Å². The van der Waals surface area contributed by atoms with Gasteiger partial charge in [0, 0.05) is 13.1 Å². The number of halogens is 1. The van der Waals surface area contributed by atoms with Crippen LogP contribution in [0.3, 0.4) is 0 Å². The predicted octanol–water partition coefficient (Wildman–Crippen LogP) is 2.30. The highest BCUT2D eigenvalue weighted by molar-refractivity contribution is 6.35. The molecule has 7 nitrogen and oxygen atoms in total. The van der Waals surface area contributed by atoms with E-state index in [0.29, 0.717) is 41.5 Å². The van der Waals surface area contributed by atoms with Gasteiger partial charge in [0.25, 0.3) is 5.91 Å². The fourth-order valence-corrected chi connectivity index (χ4v) is 3.41. The van der Waals surface area contributed by atoms with Crippen molar-refractivity contribution < 1.29 is 9.90 Å². The third-order valence-corrected chi connectivity index (χ3v) is 4.70. The van der Waals surface area contributed by atoms with Crippen LogP contribution < -0.4 is 0 Å². The number of rotatable bonds is 2. The van der Waals surface area contributed by atoms with Gasteiger partial charge >= 0.3 is 0 Å². The Morgan fingerprint density at radius 1 is 1.36 bits per heavy atom. The maximum Gasteiger partial charge on any atom is 0.290 e. The number of aliphatic hydroxyl groups is 1. The van der Waals surface area contributed by atoms with Crippen molar-refractivity contribution in [1.29, 1.82) is 0 Å². The van der Waals surface area contributed by atoms with E-state index >= 15 is 0 Å². The number of hydrogen-bond acceptors (Lipinski definition) is 4. The minimum absolute atomic E-state index is 0.176. The van der Waals surface area contributed by atoms with Crippen LogP contribution in [-0.4, -0.2) is 42.0 Å². The largest absolute Gasteiger partial charge is 0.383 e. The van der Waals surface area contributed by atoms with Gasteiger partial charge in [0.1, 0.15) is 11.4 Å². The van der Waals surface area contributed by atoms with Crippen molar-refractivity contribution in [3.8, 4) is 0 Å². The molecule has 0 fully saturated rings. The van der Waals surface area contributed by atoms with Crippen LogP contribution in [-0.2, 0) is 18.7 Å². The maximum atomic E-state index is 12.8.